The van der Waals surface area contributed by atoms with Crippen LogP contribution in [0.1, 0.15) is 30.9 Å². The maximum atomic E-state index is 11.1. The van der Waals surface area contributed by atoms with Crippen LogP contribution in [0.4, 0.5) is 11.4 Å². The van der Waals surface area contributed by atoms with Crippen molar-refractivity contribution in [3.05, 3.63) is 82.9 Å². The van der Waals surface area contributed by atoms with Crippen molar-refractivity contribution >= 4 is 22.8 Å². The lowest BCUT2D eigenvalue weighted by atomic mass is 9.82. The molecule has 2 N–H and O–H groups in total. The first-order valence-corrected chi connectivity index (χ1v) is 9.49. The van der Waals surface area contributed by atoms with Crippen LogP contribution >= 0.6 is 0 Å². The van der Waals surface area contributed by atoms with E-state index in [4.69, 9.17) is 5.73 Å². The monoisotopic (exact) mass is 383 g/mol. The van der Waals surface area contributed by atoms with E-state index < -0.39 is 0 Å². The van der Waals surface area contributed by atoms with E-state index in [0.717, 1.165) is 33.8 Å². The van der Waals surface area contributed by atoms with Gasteiger partial charge in [-0.25, -0.2) is 0 Å². The van der Waals surface area contributed by atoms with Crippen LogP contribution in [0.3, 0.4) is 0 Å². The molecule has 1 aliphatic rings. The third-order valence-corrected chi connectivity index (χ3v) is 5.09. The van der Waals surface area contributed by atoms with Crippen molar-refractivity contribution in [1.82, 2.24) is 4.98 Å². The normalized spacial score (nSPS) is 15.9. The van der Waals surface area contributed by atoms with Crippen LogP contribution < -0.4 is 5.73 Å². The highest BCUT2D eigenvalue weighted by atomic mass is 16.3. The van der Waals surface area contributed by atoms with Crippen LogP contribution in [0.15, 0.2) is 82.2 Å². The molecule has 0 aliphatic carbocycles. The van der Waals surface area contributed by atoms with Gasteiger partial charge < -0.3 is 5.73 Å². The number of aromatic nitrogens is 1. The lowest BCUT2D eigenvalue weighted by Crippen LogP contribution is -2.24. The molecule has 1 aromatic heterocycles. The number of nitrogens with two attached hydrogens (primary N) is 1. The minimum absolute atomic E-state index is 0.171. The summed E-state index contributed by atoms with van der Waals surface area (Å²) in [5, 5.41) is 12.0. The van der Waals surface area contributed by atoms with Gasteiger partial charge in [0.2, 0.25) is 0 Å². The minimum Gasteiger partial charge on any atom is -0.397 e. The molecule has 0 amide bonds. The molecule has 29 heavy (non-hydrogen) atoms. The third-order valence-electron chi connectivity index (χ3n) is 5.09. The number of benzene rings is 2. The van der Waals surface area contributed by atoms with E-state index >= 15 is 0 Å². The third kappa shape index (κ3) is 3.45. The molecule has 1 atom stereocenters. The van der Waals surface area contributed by atoms with E-state index in [-0.39, 0.29) is 17.5 Å². The summed E-state index contributed by atoms with van der Waals surface area (Å²) in [6, 6.07) is 19.3. The Morgan fingerprint density at radius 1 is 0.931 bits per heavy atom. The minimum atomic E-state index is -0.235. The fourth-order valence-corrected chi connectivity index (χ4v) is 3.57. The number of nitroso groups, excluding NO2 is 1. The van der Waals surface area contributed by atoms with Gasteiger partial charge in [-0.2, -0.15) is 10.2 Å². The molecule has 1 unspecified atom stereocenters. The van der Waals surface area contributed by atoms with Crippen molar-refractivity contribution in [3.63, 3.8) is 0 Å². The molecule has 2 heterocycles. The molecule has 0 saturated carbocycles. The molecule has 1 aliphatic heterocycles. The molecule has 144 valence electrons. The lowest BCUT2D eigenvalue weighted by Gasteiger charge is -2.20. The summed E-state index contributed by atoms with van der Waals surface area (Å²) < 4.78 is 0. The second-order valence-corrected chi connectivity index (χ2v) is 7.27. The predicted octanol–water partition coefficient (Wildman–Crippen LogP) is 5.33. The number of pyridine rings is 1. The number of anilines is 1. The van der Waals surface area contributed by atoms with Gasteiger partial charge in [0.1, 0.15) is 5.69 Å². The zero-order valence-corrected chi connectivity index (χ0v) is 16.3. The molecule has 0 bridgehead atoms. The summed E-state index contributed by atoms with van der Waals surface area (Å²) in [5.74, 6) is -0.0638. The highest BCUT2D eigenvalue weighted by Crippen LogP contribution is 2.37. The standard InChI is InChI=1S/C23H21N5O/c1-14(2)22-20(17-9-6-10-19(28-29)21(17)24)23(27-26-22)16-11-12-18(25-13-16)15-7-4-3-5-8-15/h3-14,20H,24H2,1-2H3. The van der Waals surface area contributed by atoms with Gasteiger partial charge in [-0.1, -0.05) is 56.3 Å². The second kappa shape index (κ2) is 7.75. The van der Waals surface area contributed by atoms with Crippen molar-refractivity contribution in [3.8, 4) is 11.3 Å². The molecule has 6 nitrogen and oxygen atoms in total. The van der Waals surface area contributed by atoms with Gasteiger partial charge in [0.15, 0.2) is 0 Å². The van der Waals surface area contributed by atoms with Gasteiger partial charge in [0, 0.05) is 17.3 Å². The van der Waals surface area contributed by atoms with E-state index in [0.29, 0.717) is 5.69 Å². The number of nitrogen functional groups attached to an aromatic ring is 1. The maximum Gasteiger partial charge on any atom is 0.131 e. The molecular formula is C23H21N5O. The van der Waals surface area contributed by atoms with Crippen LogP contribution in [0, 0.1) is 10.8 Å². The lowest BCUT2D eigenvalue weighted by molar-refractivity contribution is 0.854. The van der Waals surface area contributed by atoms with Crippen LogP contribution in [0.2, 0.25) is 0 Å². The zero-order valence-electron chi connectivity index (χ0n) is 16.3. The summed E-state index contributed by atoms with van der Waals surface area (Å²) in [7, 11) is 0. The number of rotatable bonds is 5. The largest absolute Gasteiger partial charge is 0.397 e. The Morgan fingerprint density at radius 2 is 1.72 bits per heavy atom. The zero-order chi connectivity index (χ0) is 20.4. The fraction of sp³-hybridized carbons (Fsp3) is 0.174. The summed E-state index contributed by atoms with van der Waals surface area (Å²) in [6.07, 6.45) is 1.81. The second-order valence-electron chi connectivity index (χ2n) is 7.27. The first-order valence-electron chi connectivity index (χ1n) is 9.49. The molecule has 0 radical (unpaired) electrons. The molecule has 2 aromatic carbocycles. The Balaban J connectivity index is 1.74. The van der Waals surface area contributed by atoms with Gasteiger partial charge in [0.05, 0.1) is 28.7 Å². The van der Waals surface area contributed by atoms with Gasteiger partial charge in [0.25, 0.3) is 0 Å². The smallest absolute Gasteiger partial charge is 0.131 e. The fourth-order valence-electron chi connectivity index (χ4n) is 3.57. The highest BCUT2D eigenvalue weighted by molar-refractivity contribution is 6.22. The average Bonchev–Trinajstić information content (AvgIpc) is 3.20. The number of hydrogen-bond donors (Lipinski definition) is 1. The van der Waals surface area contributed by atoms with Gasteiger partial charge >= 0.3 is 0 Å². The average molecular weight is 383 g/mol. The van der Waals surface area contributed by atoms with E-state index in [1.54, 1.807) is 12.1 Å². The number of nitrogens with zero attached hydrogens (tertiary/aromatic N) is 4. The summed E-state index contributed by atoms with van der Waals surface area (Å²) in [5.41, 5.74) is 12.1. The molecular weight excluding hydrogens is 362 g/mol. The molecule has 3 aromatic rings. The predicted molar refractivity (Wildman–Crippen MR) is 118 cm³/mol. The van der Waals surface area contributed by atoms with E-state index in [2.05, 4.69) is 34.2 Å². The Hall–Kier alpha value is -3.67. The SMILES string of the molecule is CC(C)C1=NN=C(c2ccc(-c3ccccc3)nc2)C1c1cccc(N=O)c1N. The van der Waals surface area contributed by atoms with Gasteiger partial charge in [-0.3, -0.25) is 4.98 Å². The molecule has 0 spiro atoms. The Labute approximate surface area is 169 Å². The molecule has 0 saturated heterocycles. The quantitative estimate of drug-likeness (QED) is 0.477. The summed E-state index contributed by atoms with van der Waals surface area (Å²) in [4.78, 5) is 15.7. The van der Waals surface area contributed by atoms with Crippen LogP contribution in [-0.2, 0) is 0 Å². The molecule has 0 fully saturated rings. The van der Waals surface area contributed by atoms with Crippen molar-refractivity contribution < 1.29 is 0 Å². The van der Waals surface area contributed by atoms with E-state index in [1.165, 1.54) is 0 Å². The van der Waals surface area contributed by atoms with Crippen LogP contribution in [-0.4, -0.2) is 16.4 Å². The van der Waals surface area contributed by atoms with E-state index in [9.17, 15) is 4.91 Å². The van der Waals surface area contributed by atoms with Gasteiger partial charge in [-0.05, 0) is 34.9 Å². The Morgan fingerprint density at radius 3 is 2.38 bits per heavy atom. The van der Waals surface area contributed by atoms with Crippen molar-refractivity contribution in [1.29, 1.82) is 0 Å². The van der Waals surface area contributed by atoms with Gasteiger partial charge in [-0.15, -0.1) is 4.91 Å². The molecule has 6 heteroatoms. The van der Waals surface area contributed by atoms with Crippen molar-refractivity contribution in [2.24, 2.45) is 21.3 Å². The number of para-hydroxylation sites is 1. The first kappa shape index (κ1) is 18.7. The van der Waals surface area contributed by atoms with Crippen LogP contribution in [0.25, 0.3) is 11.3 Å². The maximum absolute atomic E-state index is 11.1. The Bertz CT molecular complexity index is 1100. The molecule has 4 rings (SSSR count). The summed E-state index contributed by atoms with van der Waals surface area (Å²) in [6.45, 7) is 4.14. The first-order chi connectivity index (χ1) is 14.1. The Kier molecular flexibility index (Phi) is 4.99. The van der Waals surface area contributed by atoms with Crippen molar-refractivity contribution in [2.45, 2.75) is 19.8 Å². The highest BCUT2D eigenvalue weighted by Gasteiger charge is 2.33. The van der Waals surface area contributed by atoms with Crippen molar-refractivity contribution in [2.75, 3.05) is 5.73 Å². The number of hydrogen-bond acceptors (Lipinski definition) is 6. The van der Waals surface area contributed by atoms with E-state index in [1.807, 2.05) is 54.7 Å². The topological polar surface area (TPSA) is 93.1 Å². The van der Waals surface area contributed by atoms with Crippen LogP contribution in [0.5, 0.6) is 0 Å². The summed E-state index contributed by atoms with van der Waals surface area (Å²) >= 11 is 0.